The molecule has 3 heteroatoms. The quantitative estimate of drug-likeness (QED) is 0.857. The van der Waals surface area contributed by atoms with Crippen LogP contribution < -0.4 is 5.32 Å². The number of nitrogens with one attached hydrogen (secondary N) is 2. The first kappa shape index (κ1) is 14.0. The molecule has 1 aliphatic carbocycles. The average molecular weight is 288 g/mol. The predicted molar refractivity (Wildman–Crippen MR) is 89.3 cm³/mol. The summed E-state index contributed by atoms with van der Waals surface area (Å²) in [5.74, 6) is 0. The lowest BCUT2D eigenvalue weighted by atomic mass is 9.88. The van der Waals surface area contributed by atoms with Gasteiger partial charge in [0.2, 0.25) is 0 Å². The van der Waals surface area contributed by atoms with Gasteiger partial charge in [-0.25, -0.2) is 0 Å². The second kappa shape index (κ2) is 6.23. The number of aromatic nitrogens is 1. The first-order valence-corrected chi connectivity index (χ1v) is 8.86. The van der Waals surface area contributed by atoms with Gasteiger partial charge in [-0.15, -0.1) is 0 Å². The Kier molecular flexibility index (Phi) is 4.37. The van der Waals surface area contributed by atoms with E-state index in [1.807, 2.05) is 6.20 Å². The van der Waals surface area contributed by atoms with Crippen LogP contribution in [0, 0.1) is 0 Å². The van der Waals surface area contributed by atoms with Crippen molar-refractivity contribution in [3.63, 3.8) is 0 Å². The van der Waals surface area contributed by atoms with E-state index in [0.29, 0.717) is 4.75 Å². The van der Waals surface area contributed by atoms with Gasteiger partial charge in [0.1, 0.15) is 0 Å². The van der Waals surface area contributed by atoms with E-state index in [4.69, 9.17) is 0 Å². The molecule has 0 spiro atoms. The summed E-state index contributed by atoms with van der Waals surface area (Å²) in [6.07, 6.45) is 11.3. The van der Waals surface area contributed by atoms with Crippen LogP contribution in [0.5, 0.6) is 0 Å². The van der Waals surface area contributed by atoms with Crippen LogP contribution in [0.15, 0.2) is 30.5 Å². The predicted octanol–water partition coefficient (Wildman–Crippen LogP) is 4.32. The van der Waals surface area contributed by atoms with Gasteiger partial charge >= 0.3 is 0 Å². The third-order valence-electron chi connectivity index (χ3n) is 4.63. The van der Waals surface area contributed by atoms with Crippen LogP contribution in [-0.4, -0.2) is 22.5 Å². The van der Waals surface area contributed by atoms with Gasteiger partial charge in [0.05, 0.1) is 0 Å². The molecule has 108 valence electrons. The van der Waals surface area contributed by atoms with Gasteiger partial charge in [0, 0.05) is 29.6 Å². The maximum atomic E-state index is 3.70. The minimum absolute atomic E-state index is 0.474. The molecule has 1 saturated carbocycles. The summed E-state index contributed by atoms with van der Waals surface area (Å²) >= 11 is 2.06. The van der Waals surface area contributed by atoms with Crippen molar-refractivity contribution < 1.29 is 0 Å². The fraction of sp³-hybridized carbons (Fsp3) is 0.529. The zero-order valence-electron chi connectivity index (χ0n) is 12.2. The minimum atomic E-state index is 0.474. The highest BCUT2D eigenvalue weighted by molar-refractivity contribution is 8.00. The monoisotopic (exact) mass is 288 g/mol. The summed E-state index contributed by atoms with van der Waals surface area (Å²) in [5.41, 5.74) is 2.65. The number of hydrogen-bond donors (Lipinski definition) is 2. The Morgan fingerprint density at radius 3 is 2.85 bits per heavy atom. The Hall–Kier alpha value is -0.930. The normalized spacial score (nSPS) is 18.4. The highest BCUT2D eigenvalue weighted by Crippen LogP contribution is 2.38. The van der Waals surface area contributed by atoms with Crippen molar-refractivity contribution in [2.75, 3.05) is 12.8 Å². The second-order valence-electron chi connectivity index (χ2n) is 5.91. The Morgan fingerprint density at radius 1 is 1.20 bits per heavy atom. The van der Waals surface area contributed by atoms with E-state index in [1.165, 1.54) is 48.6 Å². The van der Waals surface area contributed by atoms with Crippen LogP contribution in [-0.2, 0) is 6.54 Å². The zero-order valence-corrected chi connectivity index (χ0v) is 13.1. The van der Waals surface area contributed by atoms with E-state index >= 15 is 0 Å². The van der Waals surface area contributed by atoms with E-state index in [0.717, 1.165) is 13.1 Å². The van der Waals surface area contributed by atoms with E-state index < -0.39 is 0 Å². The maximum Gasteiger partial charge on any atom is 0.0499 e. The van der Waals surface area contributed by atoms with Gasteiger partial charge in [0.25, 0.3) is 0 Å². The highest BCUT2D eigenvalue weighted by atomic mass is 32.2. The van der Waals surface area contributed by atoms with Crippen LogP contribution in [0.2, 0.25) is 0 Å². The summed E-state index contributed by atoms with van der Waals surface area (Å²) in [4.78, 5) is 3.35. The molecule has 2 nitrogen and oxygen atoms in total. The van der Waals surface area contributed by atoms with Gasteiger partial charge in [-0.05, 0) is 36.1 Å². The molecule has 0 amide bonds. The number of fused-ring (bicyclic) bond motifs is 1. The summed E-state index contributed by atoms with van der Waals surface area (Å²) in [6.45, 7) is 2.09. The molecule has 0 bridgehead atoms. The maximum absolute atomic E-state index is 3.70. The number of hydrogen-bond acceptors (Lipinski definition) is 2. The van der Waals surface area contributed by atoms with Crippen molar-refractivity contribution in [2.24, 2.45) is 0 Å². The third-order valence-corrected chi connectivity index (χ3v) is 6.05. The minimum Gasteiger partial charge on any atom is -0.361 e. The van der Waals surface area contributed by atoms with E-state index in [9.17, 15) is 0 Å². The summed E-state index contributed by atoms with van der Waals surface area (Å²) in [7, 11) is 0. The molecule has 1 aliphatic rings. The van der Waals surface area contributed by atoms with Crippen molar-refractivity contribution in [3.8, 4) is 0 Å². The van der Waals surface area contributed by atoms with Gasteiger partial charge in [-0.3, -0.25) is 0 Å². The van der Waals surface area contributed by atoms with Crippen molar-refractivity contribution in [1.82, 2.24) is 10.3 Å². The lowest BCUT2D eigenvalue weighted by Crippen LogP contribution is -2.39. The molecule has 2 aromatic rings. The molecule has 0 saturated heterocycles. The van der Waals surface area contributed by atoms with Crippen LogP contribution in [0.3, 0.4) is 0 Å². The fourth-order valence-electron chi connectivity index (χ4n) is 3.37. The molecule has 3 rings (SSSR count). The topological polar surface area (TPSA) is 27.8 Å². The Morgan fingerprint density at radius 2 is 2.05 bits per heavy atom. The highest BCUT2D eigenvalue weighted by Gasteiger charge is 2.30. The average Bonchev–Trinajstić information content (AvgIpc) is 2.98. The molecule has 2 N–H and O–H groups in total. The SMILES string of the molecule is CSC1(CNCc2cccc3cc[nH]c23)CCCCC1. The summed E-state index contributed by atoms with van der Waals surface area (Å²) < 4.78 is 0.474. The number of benzene rings is 1. The molecule has 1 fully saturated rings. The van der Waals surface area contributed by atoms with Crippen LogP contribution in [0.4, 0.5) is 0 Å². The first-order chi connectivity index (χ1) is 9.83. The Labute approximate surface area is 125 Å². The molecule has 0 radical (unpaired) electrons. The number of para-hydroxylation sites is 1. The summed E-state index contributed by atoms with van der Waals surface area (Å²) in [5, 5.41) is 5.01. The first-order valence-electron chi connectivity index (χ1n) is 7.64. The van der Waals surface area contributed by atoms with Crippen molar-refractivity contribution in [1.29, 1.82) is 0 Å². The van der Waals surface area contributed by atoms with E-state index in [2.05, 4.69) is 52.6 Å². The van der Waals surface area contributed by atoms with E-state index in [-0.39, 0.29) is 0 Å². The Bertz CT molecular complexity index is 555. The van der Waals surface area contributed by atoms with Gasteiger partial charge < -0.3 is 10.3 Å². The second-order valence-corrected chi connectivity index (χ2v) is 7.18. The molecule has 1 heterocycles. The van der Waals surface area contributed by atoms with Crippen LogP contribution in [0.1, 0.15) is 37.7 Å². The molecule has 0 aliphatic heterocycles. The molecule has 0 unspecified atom stereocenters. The standard InChI is InChI=1S/C17H24N2S/c1-20-17(9-3-2-4-10-17)13-18-12-15-7-5-6-14-8-11-19-16(14)15/h5-8,11,18-19H,2-4,9-10,12-13H2,1H3. The molecule has 1 aromatic carbocycles. The fourth-order valence-corrected chi connectivity index (χ4v) is 4.31. The van der Waals surface area contributed by atoms with E-state index in [1.54, 1.807) is 0 Å². The molecule has 0 atom stereocenters. The smallest absolute Gasteiger partial charge is 0.0499 e. The zero-order chi connectivity index (χ0) is 13.8. The molecular weight excluding hydrogens is 264 g/mol. The lowest BCUT2D eigenvalue weighted by molar-refractivity contribution is 0.379. The summed E-state index contributed by atoms with van der Waals surface area (Å²) in [6, 6.07) is 8.68. The molecule has 1 aromatic heterocycles. The molecule has 20 heavy (non-hydrogen) atoms. The van der Waals surface area contributed by atoms with Gasteiger partial charge in [0.15, 0.2) is 0 Å². The van der Waals surface area contributed by atoms with Crippen molar-refractivity contribution in [2.45, 2.75) is 43.4 Å². The third kappa shape index (κ3) is 2.89. The number of rotatable bonds is 5. The largest absolute Gasteiger partial charge is 0.361 e. The van der Waals surface area contributed by atoms with Gasteiger partial charge in [-0.1, -0.05) is 37.5 Å². The lowest BCUT2D eigenvalue weighted by Gasteiger charge is -2.36. The number of aromatic amines is 1. The van der Waals surface area contributed by atoms with Crippen LogP contribution >= 0.6 is 11.8 Å². The molecular formula is C17H24N2S. The van der Waals surface area contributed by atoms with Crippen LogP contribution in [0.25, 0.3) is 10.9 Å². The number of H-pyrrole nitrogens is 1. The van der Waals surface area contributed by atoms with Gasteiger partial charge in [-0.2, -0.15) is 11.8 Å². The Balaban J connectivity index is 1.63. The van der Waals surface area contributed by atoms with Crippen molar-refractivity contribution in [3.05, 3.63) is 36.0 Å². The van der Waals surface area contributed by atoms with Crippen molar-refractivity contribution >= 4 is 22.7 Å². The number of thioether (sulfide) groups is 1.